The molecule has 0 amide bonds. The van der Waals surface area contributed by atoms with Crippen LogP contribution < -0.4 is 11.3 Å². The van der Waals surface area contributed by atoms with Crippen LogP contribution in [0.4, 0.5) is 0 Å². The van der Waals surface area contributed by atoms with Gasteiger partial charge in [0.15, 0.2) is 0 Å². The van der Waals surface area contributed by atoms with Crippen LogP contribution in [0.1, 0.15) is 39.0 Å². The minimum absolute atomic E-state index is 0.426. The molecule has 0 fully saturated rings. The number of nitrogens with two attached hydrogens (primary N) is 1. The van der Waals surface area contributed by atoms with Crippen molar-refractivity contribution in [2.75, 3.05) is 13.2 Å². The molecule has 0 aliphatic carbocycles. The van der Waals surface area contributed by atoms with Crippen molar-refractivity contribution in [1.82, 2.24) is 5.43 Å². The highest BCUT2D eigenvalue weighted by Gasteiger charge is 2.04. The summed E-state index contributed by atoms with van der Waals surface area (Å²) in [5.41, 5.74) is 2.85. The van der Waals surface area contributed by atoms with Crippen LogP contribution in [0, 0.1) is 0 Å². The van der Waals surface area contributed by atoms with Gasteiger partial charge in [-0.25, -0.2) is 0 Å². The van der Waals surface area contributed by atoms with E-state index in [0.717, 1.165) is 45.3 Å². The molecule has 14 heavy (non-hydrogen) atoms. The Labute approximate surface area is 87.7 Å². The molecule has 0 saturated heterocycles. The SMILES string of the molecule is C=CCCCC(CCCOCC)NN. The number of hydrogen-bond acceptors (Lipinski definition) is 3. The van der Waals surface area contributed by atoms with E-state index < -0.39 is 0 Å². The Hall–Kier alpha value is -0.380. The second-order valence-electron chi connectivity index (χ2n) is 3.42. The molecule has 3 N–H and O–H groups in total. The van der Waals surface area contributed by atoms with Gasteiger partial charge in [0.2, 0.25) is 0 Å². The van der Waals surface area contributed by atoms with E-state index in [1.54, 1.807) is 0 Å². The summed E-state index contributed by atoms with van der Waals surface area (Å²) in [5, 5.41) is 0. The molecule has 0 spiro atoms. The molecule has 0 radical (unpaired) electrons. The van der Waals surface area contributed by atoms with E-state index in [0.29, 0.717) is 6.04 Å². The summed E-state index contributed by atoms with van der Waals surface area (Å²) in [6.07, 6.45) is 7.48. The van der Waals surface area contributed by atoms with E-state index >= 15 is 0 Å². The zero-order valence-corrected chi connectivity index (χ0v) is 9.30. The van der Waals surface area contributed by atoms with Crippen molar-refractivity contribution in [1.29, 1.82) is 0 Å². The highest BCUT2D eigenvalue weighted by molar-refractivity contribution is 4.70. The van der Waals surface area contributed by atoms with E-state index in [1.807, 2.05) is 13.0 Å². The van der Waals surface area contributed by atoms with Crippen LogP contribution in [0.2, 0.25) is 0 Å². The van der Waals surface area contributed by atoms with E-state index in [2.05, 4.69) is 12.0 Å². The first kappa shape index (κ1) is 13.6. The lowest BCUT2D eigenvalue weighted by Gasteiger charge is -2.14. The maximum absolute atomic E-state index is 5.45. The molecule has 3 nitrogen and oxygen atoms in total. The maximum Gasteiger partial charge on any atom is 0.0466 e. The van der Waals surface area contributed by atoms with Crippen LogP contribution in [0.25, 0.3) is 0 Å². The summed E-state index contributed by atoms with van der Waals surface area (Å²) in [6, 6.07) is 0.426. The molecule has 0 heterocycles. The molecule has 0 bridgehead atoms. The van der Waals surface area contributed by atoms with Crippen molar-refractivity contribution in [3.8, 4) is 0 Å². The molecule has 0 aromatic carbocycles. The third-order valence-electron chi connectivity index (χ3n) is 2.24. The fourth-order valence-corrected chi connectivity index (χ4v) is 1.40. The Bertz CT molecular complexity index is 128. The first-order valence-electron chi connectivity index (χ1n) is 5.49. The van der Waals surface area contributed by atoms with Crippen molar-refractivity contribution >= 4 is 0 Å². The number of allylic oxidation sites excluding steroid dienone is 1. The van der Waals surface area contributed by atoms with E-state index in [9.17, 15) is 0 Å². The molecule has 0 aromatic rings. The third-order valence-corrected chi connectivity index (χ3v) is 2.24. The summed E-state index contributed by atoms with van der Waals surface area (Å²) in [4.78, 5) is 0. The van der Waals surface area contributed by atoms with Crippen molar-refractivity contribution in [3.63, 3.8) is 0 Å². The van der Waals surface area contributed by atoms with Crippen molar-refractivity contribution in [3.05, 3.63) is 12.7 Å². The van der Waals surface area contributed by atoms with Gasteiger partial charge in [-0.15, -0.1) is 6.58 Å². The first-order valence-corrected chi connectivity index (χ1v) is 5.49. The number of nitrogens with one attached hydrogen (secondary N) is 1. The van der Waals surface area contributed by atoms with Gasteiger partial charge >= 0.3 is 0 Å². The van der Waals surface area contributed by atoms with Crippen LogP contribution in [-0.2, 0) is 4.74 Å². The Balaban J connectivity index is 3.33. The van der Waals surface area contributed by atoms with Gasteiger partial charge in [0.1, 0.15) is 0 Å². The minimum Gasteiger partial charge on any atom is -0.382 e. The van der Waals surface area contributed by atoms with Gasteiger partial charge in [-0.1, -0.05) is 6.08 Å². The lowest BCUT2D eigenvalue weighted by molar-refractivity contribution is 0.140. The minimum atomic E-state index is 0.426. The highest BCUT2D eigenvalue weighted by Crippen LogP contribution is 2.06. The van der Waals surface area contributed by atoms with Gasteiger partial charge in [0.25, 0.3) is 0 Å². The monoisotopic (exact) mass is 200 g/mol. The number of unbranched alkanes of at least 4 members (excludes halogenated alkanes) is 1. The van der Waals surface area contributed by atoms with Crippen molar-refractivity contribution < 1.29 is 4.74 Å². The zero-order chi connectivity index (χ0) is 10.6. The van der Waals surface area contributed by atoms with Crippen LogP contribution >= 0.6 is 0 Å². The predicted octanol–water partition coefficient (Wildman–Crippen LogP) is 1.99. The molecule has 0 aliphatic rings. The molecule has 0 saturated carbocycles. The van der Waals surface area contributed by atoms with Crippen LogP contribution in [0.15, 0.2) is 12.7 Å². The van der Waals surface area contributed by atoms with E-state index in [1.165, 1.54) is 0 Å². The molecule has 0 aliphatic heterocycles. The Morgan fingerprint density at radius 2 is 2.14 bits per heavy atom. The zero-order valence-electron chi connectivity index (χ0n) is 9.30. The molecule has 0 aromatic heterocycles. The fourth-order valence-electron chi connectivity index (χ4n) is 1.40. The van der Waals surface area contributed by atoms with Gasteiger partial charge in [-0.05, 0) is 39.0 Å². The smallest absolute Gasteiger partial charge is 0.0466 e. The fraction of sp³-hybridized carbons (Fsp3) is 0.818. The predicted molar refractivity (Wildman–Crippen MR) is 60.9 cm³/mol. The van der Waals surface area contributed by atoms with Crippen molar-refractivity contribution in [2.45, 2.75) is 45.1 Å². The Kier molecular flexibility index (Phi) is 10.4. The average Bonchev–Trinajstić information content (AvgIpc) is 2.22. The topological polar surface area (TPSA) is 47.3 Å². The van der Waals surface area contributed by atoms with Gasteiger partial charge in [0.05, 0.1) is 0 Å². The third kappa shape index (κ3) is 8.23. The first-order chi connectivity index (χ1) is 6.85. The van der Waals surface area contributed by atoms with Crippen LogP contribution in [-0.4, -0.2) is 19.3 Å². The summed E-state index contributed by atoms with van der Waals surface area (Å²) < 4.78 is 5.27. The lowest BCUT2D eigenvalue weighted by Crippen LogP contribution is -2.35. The molecular formula is C11H24N2O. The summed E-state index contributed by atoms with van der Waals surface area (Å²) in [5.74, 6) is 5.45. The Morgan fingerprint density at radius 3 is 2.71 bits per heavy atom. The second-order valence-corrected chi connectivity index (χ2v) is 3.42. The average molecular weight is 200 g/mol. The lowest BCUT2D eigenvalue weighted by atomic mass is 10.1. The highest BCUT2D eigenvalue weighted by atomic mass is 16.5. The molecule has 84 valence electrons. The normalized spacial score (nSPS) is 12.7. The number of hydrazine groups is 1. The van der Waals surface area contributed by atoms with Gasteiger partial charge in [-0.2, -0.15) is 0 Å². The number of hydrogen-bond donors (Lipinski definition) is 2. The maximum atomic E-state index is 5.45. The number of rotatable bonds is 10. The molecular weight excluding hydrogens is 176 g/mol. The summed E-state index contributed by atoms with van der Waals surface area (Å²) in [6.45, 7) is 7.36. The number of ether oxygens (including phenoxy) is 1. The van der Waals surface area contributed by atoms with Gasteiger partial charge in [0, 0.05) is 19.3 Å². The molecule has 3 heteroatoms. The molecule has 1 atom stereocenters. The Morgan fingerprint density at radius 1 is 1.43 bits per heavy atom. The van der Waals surface area contributed by atoms with Gasteiger partial charge in [-0.3, -0.25) is 11.3 Å². The standard InChI is InChI=1S/C11H24N2O/c1-3-5-6-8-11(13-12)9-7-10-14-4-2/h3,11,13H,1,4-10,12H2,2H3. The molecule has 0 rings (SSSR count). The largest absolute Gasteiger partial charge is 0.382 e. The van der Waals surface area contributed by atoms with Crippen LogP contribution in [0.5, 0.6) is 0 Å². The van der Waals surface area contributed by atoms with E-state index in [-0.39, 0.29) is 0 Å². The van der Waals surface area contributed by atoms with Gasteiger partial charge < -0.3 is 4.74 Å². The van der Waals surface area contributed by atoms with Crippen molar-refractivity contribution in [2.24, 2.45) is 5.84 Å². The summed E-state index contributed by atoms with van der Waals surface area (Å²) in [7, 11) is 0. The quantitative estimate of drug-likeness (QED) is 0.245. The summed E-state index contributed by atoms with van der Waals surface area (Å²) >= 11 is 0. The molecule has 1 unspecified atom stereocenters. The second kappa shape index (κ2) is 10.7. The van der Waals surface area contributed by atoms with Crippen LogP contribution in [0.3, 0.4) is 0 Å². The van der Waals surface area contributed by atoms with E-state index in [4.69, 9.17) is 10.6 Å².